The SMILES string of the molecule is Cc1ccc(S(=O)(=O)N2C(=O)CC=C[C@@H]2C(C)C)cc1. The van der Waals surface area contributed by atoms with Crippen LogP contribution in [0.4, 0.5) is 0 Å². The molecule has 0 unspecified atom stereocenters. The lowest BCUT2D eigenvalue weighted by Crippen LogP contribution is -2.47. The third kappa shape index (κ3) is 2.63. The van der Waals surface area contributed by atoms with Gasteiger partial charge in [-0.25, -0.2) is 12.7 Å². The summed E-state index contributed by atoms with van der Waals surface area (Å²) in [6.07, 6.45) is 3.68. The van der Waals surface area contributed by atoms with Crippen molar-refractivity contribution in [2.75, 3.05) is 0 Å². The van der Waals surface area contributed by atoms with Gasteiger partial charge in [-0.3, -0.25) is 4.79 Å². The highest BCUT2D eigenvalue weighted by molar-refractivity contribution is 7.89. The average molecular weight is 293 g/mol. The molecular formula is C15H19NO3S. The first-order valence-electron chi connectivity index (χ1n) is 6.64. The number of hydrogen-bond acceptors (Lipinski definition) is 3. The Balaban J connectivity index is 2.48. The normalized spacial score (nSPS) is 19.7. The molecule has 0 aromatic heterocycles. The highest BCUT2D eigenvalue weighted by Gasteiger charge is 2.37. The molecule has 108 valence electrons. The lowest BCUT2D eigenvalue weighted by Gasteiger charge is -2.33. The fourth-order valence-corrected chi connectivity index (χ4v) is 3.94. The van der Waals surface area contributed by atoms with E-state index in [1.807, 2.05) is 20.8 Å². The van der Waals surface area contributed by atoms with Gasteiger partial charge in [0.2, 0.25) is 5.91 Å². The van der Waals surface area contributed by atoms with Crippen molar-refractivity contribution in [3.05, 3.63) is 42.0 Å². The monoisotopic (exact) mass is 293 g/mol. The topological polar surface area (TPSA) is 54.5 Å². The second-order valence-electron chi connectivity index (χ2n) is 5.37. The van der Waals surface area contributed by atoms with Crippen LogP contribution in [0.1, 0.15) is 25.8 Å². The maximum Gasteiger partial charge on any atom is 0.267 e. The van der Waals surface area contributed by atoms with E-state index in [1.165, 1.54) is 0 Å². The Hall–Kier alpha value is -1.62. The van der Waals surface area contributed by atoms with Gasteiger partial charge in [-0.15, -0.1) is 0 Å². The van der Waals surface area contributed by atoms with E-state index in [1.54, 1.807) is 36.4 Å². The van der Waals surface area contributed by atoms with E-state index in [0.29, 0.717) is 0 Å². The number of hydrogen-bond donors (Lipinski definition) is 0. The number of nitrogens with zero attached hydrogens (tertiary/aromatic N) is 1. The van der Waals surface area contributed by atoms with Crippen LogP contribution >= 0.6 is 0 Å². The van der Waals surface area contributed by atoms with Crippen LogP contribution < -0.4 is 0 Å². The van der Waals surface area contributed by atoms with Crippen LogP contribution in [0.3, 0.4) is 0 Å². The molecule has 1 heterocycles. The fraction of sp³-hybridized carbons (Fsp3) is 0.400. The van der Waals surface area contributed by atoms with E-state index >= 15 is 0 Å². The summed E-state index contributed by atoms with van der Waals surface area (Å²) in [5.41, 5.74) is 0.981. The van der Waals surface area contributed by atoms with Crippen LogP contribution in [0, 0.1) is 12.8 Å². The molecule has 0 N–H and O–H groups in total. The summed E-state index contributed by atoms with van der Waals surface area (Å²) in [4.78, 5) is 12.3. The van der Waals surface area contributed by atoms with E-state index in [2.05, 4.69) is 0 Å². The molecule has 1 aromatic carbocycles. The van der Waals surface area contributed by atoms with Crippen molar-refractivity contribution in [1.29, 1.82) is 0 Å². The van der Waals surface area contributed by atoms with E-state index < -0.39 is 16.1 Å². The molecule has 20 heavy (non-hydrogen) atoms. The van der Waals surface area contributed by atoms with Gasteiger partial charge in [0.15, 0.2) is 0 Å². The summed E-state index contributed by atoms with van der Waals surface area (Å²) < 4.78 is 26.4. The Morgan fingerprint density at radius 3 is 2.35 bits per heavy atom. The van der Waals surface area contributed by atoms with Gasteiger partial charge >= 0.3 is 0 Å². The maximum absolute atomic E-state index is 12.7. The van der Waals surface area contributed by atoms with Gasteiger partial charge in [-0.1, -0.05) is 43.7 Å². The van der Waals surface area contributed by atoms with Crippen LogP contribution in [-0.2, 0) is 14.8 Å². The van der Waals surface area contributed by atoms with Crippen molar-refractivity contribution in [1.82, 2.24) is 4.31 Å². The minimum atomic E-state index is -3.79. The molecule has 0 saturated heterocycles. The Labute approximate surface area is 120 Å². The van der Waals surface area contributed by atoms with E-state index in [0.717, 1.165) is 9.87 Å². The molecular weight excluding hydrogens is 274 g/mol. The quantitative estimate of drug-likeness (QED) is 0.805. The molecule has 1 aliphatic rings. The van der Waals surface area contributed by atoms with E-state index in [4.69, 9.17) is 0 Å². The van der Waals surface area contributed by atoms with Crippen LogP contribution in [0.15, 0.2) is 41.3 Å². The van der Waals surface area contributed by atoms with E-state index in [-0.39, 0.29) is 23.1 Å². The first kappa shape index (κ1) is 14.8. The molecule has 0 spiro atoms. The molecule has 0 saturated carbocycles. The Morgan fingerprint density at radius 2 is 1.80 bits per heavy atom. The van der Waals surface area contributed by atoms with Crippen LogP contribution in [0.5, 0.6) is 0 Å². The Morgan fingerprint density at radius 1 is 1.20 bits per heavy atom. The van der Waals surface area contributed by atoms with Gasteiger partial charge in [0.1, 0.15) is 0 Å². The highest BCUT2D eigenvalue weighted by atomic mass is 32.2. The number of amides is 1. The van der Waals surface area contributed by atoms with Crippen LogP contribution in [0.25, 0.3) is 0 Å². The third-order valence-corrected chi connectivity index (χ3v) is 5.24. The fourth-order valence-electron chi connectivity index (χ4n) is 2.25. The predicted octanol–water partition coefficient (Wildman–Crippen LogP) is 2.50. The summed E-state index contributed by atoms with van der Waals surface area (Å²) >= 11 is 0. The number of benzene rings is 1. The lowest BCUT2D eigenvalue weighted by molar-refractivity contribution is -0.127. The standard InChI is InChI=1S/C15H19NO3S/c1-11(2)14-5-4-6-15(17)16(14)20(18,19)13-9-7-12(3)8-10-13/h4-5,7-11,14H,6H2,1-3H3/t14-/m1/s1. The Bertz CT molecular complexity index is 630. The molecule has 0 bridgehead atoms. The summed E-state index contributed by atoms with van der Waals surface area (Å²) in [7, 11) is -3.79. The first-order valence-corrected chi connectivity index (χ1v) is 8.08. The lowest BCUT2D eigenvalue weighted by atomic mass is 10.0. The molecule has 0 fully saturated rings. The average Bonchev–Trinajstić information content (AvgIpc) is 2.38. The zero-order valence-corrected chi connectivity index (χ0v) is 12.7. The van der Waals surface area contributed by atoms with Crippen molar-refractivity contribution in [2.45, 2.75) is 38.1 Å². The molecule has 2 rings (SSSR count). The summed E-state index contributed by atoms with van der Waals surface area (Å²) in [5.74, 6) is -0.331. The number of carbonyl (C=O) groups is 1. The Kier molecular flexibility index (Phi) is 3.99. The maximum atomic E-state index is 12.7. The van der Waals surface area contributed by atoms with Gasteiger partial charge in [0.25, 0.3) is 10.0 Å². The van der Waals surface area contributed by atoms with Gasteiger partial charge in [-0.05, 0) is 25.0 Å². The van der Waals surface area contributed by atoms with Gasteiger partial charge in [-0.2, -0.15) is 0 Å². The minimum Gasteiger partial charge on any atom is -0.273 e. The minimum absolute atomic E-state index is 0.0377. The summed E-state index contributed by atoms with van der Waals surface area (Å²) in [6, 6.07) is 6.16. The second-order valence-corrected chi connectivity index (χ2v) is 7.19. The number of sulfonamides is 1. The third-order valence-electron chi connectivity index (χ3n) is 3.40. The molecule has 0 radical (unpaired) electrons. The molecule has 4 nitrogen and oxygen atoms in total. The van der Waals surface area contributed by atoms with Crippen LogP contribution in [-0.4, -0.2) is 24.7 Å². The molecule has 1 aromatic rings. The summed E-state index contributed by atoms with van der Waals surface area (Å²) in [5, 5.41) is 0. The molecule has 0 aliphatic carbocycles. The zero-order valence-electron chi connectivity index (χ0n) is 11.9. The van der Waals surface area contributed by atoms with E-state index in [9.17, 15) is 13.2 Å². The number of carbonyl (C=O) groups excluding carboxylic acids is 1. The zero-order chi connectivity index (χ0) is 14.9. The predicted molar refractivity (Wildman–Crippen MR) is 77.6 cm³/mol. The van der Waals surface area contributed by atoms with Crippen molar-refractivity contribution < 1.29 is 13.2 Å². The second kappa shape index (κ2) is 5.40. The van der Waals surface area contributed by atoms with Crippen molar-refractivity contribution in [3.63, 3.8) is 0 Å². The van der Waals surface area contributed by atoms with Crippen molar-refractivity contribution >= 4 is 15.9 Å². The number of rotatable bonds is 3. The van der Waals surface area contributed by atoms with Gasteiger partial charge in [0.05, 0.1) is 10.9 Å². The molecule has 5 heteroatoms. The highest BCUT2D eigenvalue weighted by Crippen LogP contribution is 2.26. The largest absolute Gasteiger partial charge is 0.273 e. The first-order chi connectivity index (χ1) is 9.34. The summed E-state index contributed by atoms with van der Waals surface area (Å²) in [6.45, 7) is 5.71. The molecule has 1 atom stereocenters. The smallest absolute Gasteiger partial charge is 0.267 e. The van der Waals surface area contributed by atoms with Gasteiger partial charge in [0, 0.05) is 6.42 Å². The van der Waals surface area contributed by atoms with Gasteiger partial charge < -0.3 is 0 Å². The molecule has 1 aliphatic heterocycles. The van der Waals surface area contributed by atoms with Crippen molar-refractivity contribution in [2.24, 2.45) is 5.92 Å². The van der Waals surface area contributed by atoms with Crippen molar-refractivity contribution in [3.8, 4) is 0 Å². The van der Waals surface area contributed by atoms with Crippen LogP contribution in [0.2, 0.25) is 0 Å². The molecule has 1 amide bonds. The number of aryl methyl sites for hydroxylation is 1.